The predicted molar refractivity (Wildman–Crippen MR) is 126 cm³/mol. The number of aromatic nitrogens is 1. The monoisotopic (exact) mass is 431 g/mol. The van der Waals surface area contributed by atoms with Crippen LogP contribution in [0.1, 0.15) is 40.7 Å². The van der Waals surface area contributed by atoms with Gasteiger partial charge in [-0.15, -0.1) is 0 Å². The first kappa shape index (κ1) is 20.2. The van der Waals surface area contributed by atoms with E-state index in [4.69, 9.17) is 11.6 Å². The van der Waals surface area contributed by atoms with Gasteiger partial charge in [0.15, 0.2) is 0 Å². The summed E-state index contributed by atoms with van der Waals surface area (Å²) in [5.74, 6) is 0.773. The van der Waals surface area contributed by atoms with Crippen molar-refractivity contribution >= 4 is 23.2 Å². The second-order valence-corrected chi connectivity index (χ2v) is 8.94. The molecule has 158 valence electrons. The number of hydrogen-bond donors (Lipinski definition) is 1. The van der Waals surface area contributed by atoms with E-state index in [1.807, 2.05) is 36.7 Å². The molecule has 5 heteroatoms. The summed E-state index contributed by atoms with van der Waals surface area (Å²) in [6.07, 6.45) is 8.70. The molecule has 0 atom stereocenters. The highest BCUT2D eigenvalue weighted by Crippen LogP contribution is 2.34. The third-order valence-electron chi connectivity index (χ3n) is 6.47. The molecule has 0 radical (unpaired) electrons. The van der Waals surface area contributed by atoms with Gasteiger partial charge in [0.05, 0.1) is 17.1 Å². The van der Waals surface area contributed by atoms with Crippen molar-refractivity contribution in [2.75, 3.05) is 18.0 Å². The molecule has 3 heterocycles. The number of piperidine rings is 1. The zero-order valence-corrected chi connectivity index (χ0v) is 18.2. The van der Waals surface area contributed by atoms with Gasteiger partial charge in [-0.25, -0.2) is 0 Å². The lowest BCUT2D eigenvalue weighted by atomic mass is 9.91. The van der Waals surface area contributed by atoms with Crippen molar-refractivity contribution in [3.63, 3.8) is 0 Å². The number of nitrogens with one attached hydrogen (secondary N) is 1. The van der Waals surface area contributed by atoms with E-state index in [1.54, 1.807) is 11.0 Å². The van der Waals surface area contributed by atoms with Crippen LogP contribution in [0.5, 0.6) is 0 Å². The van der Waals surface area contributed by atoms with Gasteiger partial charge < -0.3 is 10.2 Å². The molecule has 2 aromatic carbocycles. The Labute approximate surface area is 188 Å². The molecular formula is C26H26ClN3O. The maximum atomic E-state index is 13.0. The maximum absolute atomic E-state index is 13.0. The summed E-state index contributed by atoms with van der Waals surface area (Å²) >= 11 is 6.29. The highest BCUT2D eigenvalue weighted by Gasteiger charge is 2.30. The van der Waals surface area contributed by atoms with Gasteiger partial charge in [-0.2, -0.15) is 0 Å². The van der Waals surface area contributed by atoms with Crippen molar-refractivity contribution in [1.29, 1.82) is 0 Å². The topological polar surface area (TPSA) is 45.2 Å². The lowest BCUT2D eigenvalue weighted by Gasteiger charge is -2.22. The van der Waals surface area contributed by atoms with E-state index in [1.165, 1.54) is 24.8 Å². The molecule has 1 N–H and O–H groups in total. The van der Waals surface area contributed by atoms with E-state index in [9.17, 15) is 4.79 Å². The molecule has 0 unspecified atom stereocenters. The summed E-state index contributed by atoms with van der Waals surface area (Å²) in [6, 6.07) is 16.0. The number of pyridine rings is 1. The number of carbonyl (C=O) groups excluding carboxylic acids is 1. The second-order valence-electron chi connectivity index (χ2n) is 8.53. The third kappa shape index (κ3) is 4.23. The number of nitrogens with zero attached hydrogens (tertiary/aromatic N) is 2. The maximum Gasteiger partial charge on any atom is 0.260 e. The van der Waals surface area contributed by atoms with Crippen molar-refractivity contribution in [2.24, 2.45) is 5.92 Å². The van der Waals surface area contributed by atoms with Gasteiger partial charge in [0.2, 0.25) is 0 Å². The number of benzene rings is 2. The lowest BCUT2D eigenvalue weighted by molar-refractivity contribution is 0.0997. The predicted octanol–water partition coefficient (Wildman–Crippen LogP) is 5.49. The molecule has 1 aromatic heterocycles. The first-order valence-electron chi connectivity index (χ1n) is 11.0. The fourth-order valence-electron chi connectivity index (χ4n) is 4.70. The Morgan fingerprint density at radius 1 is 1.03 bits per heavy atom. The van der Waals surface area contributed by atoms with Crippen LogP contribution in [0.4, 0.5) is 5.69 Å². The molecule has 3 aromatic rings. The molecule has 2 aliphatic rings. The average Bonchev–Trinajstić information content (AvgIpc) is 3.16. The highest BCUT2D eigenvalue weighted by molar-refractivity contribution is 6.35. The van der Waals surface area contributed by atoms with Crippen LogP contribution in [-0.4, -0.2) is 24.0 Å². The number of hydrogen-bond acceptors (Lipinski definition) is 3. The lowest BCUT2D eigenvalue weighted by Crippen LogP contribution is -2.27. The van der Waals surface area contributed by atoms with Crippen LogP contribution in [0.25, 0.3) is 11.1 Å². The Morgan fingerprint density at radius 2 is 1.87 bits per heavy atom. The van der Waals surface area contributed by atoms with Crippen LogP contribution in [0.3, 0.4) is 0 Å². The van der Waals surface area contributed by atoms with Crippen LogP contribution in [0.2, 0.25) is 5.02 Å². The number of halogens is 1. The SMILES string of the molecule is O=C1c2c(Cl)cccc2CN1c1cccc(-c2cncc(CCC3CCNCC3)c2)c1. The average molecular weight is 432 g/mol. The molecule has 1 amide bonds. The van der Waals surface area contributed by atoms with Crippen molar-refractivity contribution < 1.29 is 4.79 Å². The third-order valence-corrected chi connectivity index (χ3v) is 6.79. The number of fused-ring (bicyclic) bond motifs is 1. The summed E-state index contributed by atoms with van der Waals surface area (Å²) in [6.45, 7) is 2.83. The van der Waals surface area contributed by atoms with E-state index in [-0.39, 0.29) is 5.91 Å². The Bertz CT molecular complexity index is 1110. The van der Waals surface area contributed by atoms with Crippen molar-refractivity contribution in [3.05, 3.63) is 82.6 Å². The molecule has 2 aliphatic heterocycles. The minimum Gasteiger partial charge on any atom is -0.317 e. The van der Waals surface area contributed by atoms with Crippen LogP contribution in [0.15, 0.2) is 60.9 Å². The van der Waals surface area contributed by atoms with Gasteiger partial charge >= 0.3 is 0 Å². The fraction of sp³-hybridized carbons (Fsp3) is 0.308. The standard InChI is InChI=1S/C26H26ClN3O/c27-24-6-2-4-21-17-30(26(31)25(21)24)23-5-1-3-20(14-23)22-13-19(15-29-16-22)8-7-18-9-11-28-12-10-18/h1-6,13-16,18,28H,7-12,17H2. The van der Waals surface area contributed by atoms with E-state index in [0.29, 0.717) is 17.1 Å². The fourth-order valence-corrected chi connectivity index (χ4v) is 4.98. The zero-order chi connectivity index (χ0) is 21.2. The van der Waals surface area contributed by atoms with Gasteiger partial charge in [-0.1, -0.05) is 35.9 Å². The minimum absolute atomic E-state index is 0.0356. The Morgan fingerprint density at radius 3 is 2.71 bits per heavy atom. The Balaban J connectivity index is 1.35. The van der Waals surface area contributed by atoms with Crippen LogP contribution in [-0.2, 0) is 13.0 Å². The summed E-state index contributed by atoms with van der Waals surface area (Å²) in [5, 5.41) is 3.96. The molecule has 0 bridgehead atoms. The number of carbonyl (C=O) groups is 1. The van der Waals surface area contributed by atoms with Crippen molar-refractivity contribution in [3.8, 4) is 11.1 Å². The largest absolute Gasteiger partial charge is 0.317 e. The molecule has 0 saturated carbocycles. The van der Waals surface area contributed by atoms with Crippen LogP contribution >= 0.6 is 11.6 Å². The summed E-state index contributed by atoms with van der Waals surface area (Å²) < 4.78 is 0. The number of amides is 1. The molecule has 0 spiro atoms. The van der Waals surface area contributed by atoms with Gasteiger partial charge in [0.25, 0.3) is 5.91 Å². The van der Waals surface area contributed by atoms with E-state index in [2.05, 4.69) is 28.5 Å². The van der Waals surface area contributed by atoms with Gasteiger partial charge in [0.1, 0.15) is 0 Å². The molecular weight excluding hydrogens is 406 g/mol. The van der Waals surface area contributed by atoms with E-state index < -0.39 is 0 Å². The highest BCUT2D eigenvalue weighted by atomic mass is 35.5. The van der Waals surface area contributed by atoms with Gasteiger partial charge in [-0.3, -0.25) is 9.78 Å². The quantitative estimate of drug-likeness (QED) is 0.580. The summed E-state index contributed by atoms with van der Waals surface area (Å²) in [5.41, 5.74) is 5.92. The summed E-state index contributed by atoms with van der Waals surface area (Å²) in [4.78, 5) is 19.3. The van der Waals surface area contributed by atoms with Crippen LogP contribution < -0.4 is 10.2 Å². The zero-order valence-electron chi connectivity index (χ0n) is 17.5. The normalized spacial score (nSPS) is 16.5. The molecule has 4 nitrogen and oxygen atoms in total. The van der Waals surface area contributed by atoms with E-state index >= 15 is 0 Å². The van der Waals surface area contributed by atoms with Crippen molar-refractivity contribution in [2.45, 2.75) is 32.2 Å². The molecule has 1 saturated heterocycles. The van der Waals surface area contributed by atoms with Crippen molar-refractivity contribution in [1.82, 2.24) is 10.3 Å². The Hall–Kier alpha value is -2.69. The first-order chi connectivity index (χ1) is 15.2. The van der Waals surface area contributed by atoms with E-state index in [0.717, 1.165) is 47.8 Å². The smallest absolute Gasteiger partial charge is 0.260 e. The Kier molecular flexibility index (Phi) is 5.75. The molecule has 0 aliphatic carbocycles. The van der Waals surface area contributed by atoms with Gasteiger partial charge in [-0.05, 0) is 85.6 Å². The minimum atomic E-state index is -0.0356. The number of aryl methyl sites for hydroxylation is 1. The number of rotatable bonds is 5. The molecule has 31 heavy (non-hydrogen) atoms. The molecule has 5 rings (SSSR count). The molecule has 1 fully saturated rings. The summed E-state index contributed by atoms with van der Waals surface area (Å²) in [7, 11) is 0. The second kappa shape index (κ2) is 8.81. The first-order valence-corrected chi connectivity index (χ1v) is 11.4. The van der Waals surface area contributed by atoms with Gasteiger partial charge in [0, 0.05) is 23.6 Å². The van der Waals surface area contributed by atoms with Crippen LogP contribution in [0, 0.1) is 5.92 Å². The number of anilines is 1.